The van der Waals surface area contributed by atoms with E-state index in [1.54, 1.807) is 31.3 Å². The molecule has 2 rings (SSSR count). The van der Waals surface area contributed by atoms with Gasteiger partial charge < -0.3 is 4.90 Å². The van der Waals surface area contributed by atoms with E-state index in [9.17, 15) is 13.2 Å². The Labute approximate surface area is 132 Å². The van der Waals surface area contributed by atoms with Gasteiger partial charge >= 0.3 is 0 Å². The minimum Gasteiger partial charge on any atom is -0.314 e. The van der Waals surface area contributed by atoms with Gasteiger partial charge in [0.2, 0.25) is 5.91 Å². The number of nitrogens with one attached hydrogen (secondary N) is 1. The number of carbonyl (C=O) groups is 1. The quantitative estimate of drug-likeness (QED) is 0.926. The van der Waals surface area contributed by atoms with Crippen LogP contribution in [0.25, 0.3) is 0 Å². The summed E-state index contributed by atoms with van der Waals surface area (Å²) in [6.45, 7) is 1.41. The third kappa shape index (κ3) is 3.55. The molecule has 0 aliphatic heterocycles. The van der Waals surface area contributed by atoms with Gasteiger partial charge in [-0.15, -0.1) is 11.3 Å². The Morgan fingerprint density at radius 1 is 1.24 bits per heavy atom. The summed E-state index contributed by atoms with van der Waals surface area (Å²) >= 11 is 6.74. The lowest BCUT2D eigenvalue weighted by Gasteiger charge is -2.19. The third-order valence-corrected chi connectivity index (χ3v) is 5.88. The van der Waals surface area contributed by atoms with Crippen molar-refractivity contribution in [2.75, 3.05) is 16.7 Å². The van der Waals surface area contributed by atoms with Gasteiger partial charge in [-0.05, 0) is 24.3 Å². The molecule has 0 aliphatic carbocycles. The van der Waals surface area contributed by atoms with E-state index in [-0.39, 0.29) is 10.1 Å². The number of anilines is 2. The summed E-state index contributed by atoms with van der Waals surface area (Å²) in [7, 11) is -2.15. The molecule has 0 spiro atoms. The fourth-order valence-corrected chi connectivity index (χ4v) is 4.22. The maximum atomic E-state index is 12.3. The summed E-state index contributed by atoms with van der Waals surface area (Å²) < 4.78 is 27.6. The van der Waals surface area contributed by atoms with Crippen molar-refractivity contribution in [3.63, 3.8) is 0 Å². The smallest absolute Gasteiger partial charge is 0.271 e. The normalized spacial score (nSPS) is 11.2. The minimum atomic E-state index is -3.73. The van der Waals surface area contributed by atoms with E-state index in [1.807, 2.05) is 0 Å². The maximum Gasteiger partial charge on any atom is 0.271 e. The van der Waals surface area contributed by atoms with E-state index in [1.165, 1.54) is 24.0 Å². The molecule has 0 unspecified atom stereocenters. The average molecular weight is 345 g/mol. The predicted octanol–water partition coefficient (Wildman–Crippen LogP) is 3.19. The first-order valence-corrected chi connectivity index (χ1v) is 8.60. The van der Waals surface area contributed by atoms with E-state index >= 15 is 0 Å². The molecule has 2 aromatic rings. The zero-order chi connectivity index (χ0) is 15.6. The second kappa shape index (κ2) is 6.05. The summed E-state index contributed by atoms with van der Waals surface area (Å²) in [6.07, 6.45) is 0. The highest BCUT2D eigenvalue weighted by atomic mass is 35.5. The summed E-state index contributed by atoms with van der Waals surface area (Å²) in [6, 6.07) is 9.65. The molecule has 1 aromatic carbocycles. The fraction of sp³-hybridized carbons (Fsp3) is 0.154. The van der Waals surface area contributed by atoms with Crippen molar-refractivity contribution in [3.8, 4) is 0 Å². The molecule has 1 heterocycles. The number of halogens is 1. The van der Waals surface area contributed by atoms with Crippen molar-refractivity contribution in [2.45, 2.75) is 11.1 Å². The van der Waals surface area contributed by atoms with Crippen molar-refractivity contribution in [1.29, 1.82) is 0 Å². The number of hydrogen-bond donors (Lipinski definition) is 1. The molecule has 0 bridgehead atoms. The molecule has 1 aromatic heterocycles. The van der Waals surface area contributed by atoms with Gasteiger partial charge in [0.15, 0.2) is 0 Å². The lowest BCUT2D eigenvalue weighted by Crippen LogP contribution is -2.24. The van der Waals surface area contributed by atoms with Crippen molar-refractivity contribution >= 4 is 50.2 Å². The van der Waals surface area contributed by atoms with Gasteiger partial charge in [-0.3, -0.25) is 9.52 Å². The molecule has 5 nitrogen and oxygen atoms in total. The number of thiophene rings is 1. The molecule has 0 atom stereocenters. The number of rotatable bonds is 4. The maximum absolute atomic E-state index is 12.3. The summed E-state index contributed by atoms with van der Waals surface area (Å²) in [5.41, 5.74) is 0.816. The lowest BCUT2D eigenvalue weighted by molar-refractivity contribution is -0.116. The molecule has 0 saturated heterocycles. The summed E-state index contributed by atoms with van der Waals surface area (Å²) in [4.78, 5) is 12.8. The Bertz CT molecular complexity index is 771. The van der Waals surface area contributed by atoms with Crippen LogP contribution >= 0.6 is 22.9 Å². The molecule has 21 heavy (non-hydrogen) atoms. The zero-order valence-electron chi connectivity index (χ0n) is 11.3. The van der Waals surface area contributed by atoms with Crippen LogP contribution in [0.15, 0.2) is 40.6 Å². The van der Waals surface area contributed by atoms with Crippen molar-refractivity contribution in [3.05, 3.63) is 40.7 Å². The Balaban J connectivity index is 2.38. The van der Waals surface area contributed by atoms with Crippen LogP contribution in [0.3, 0.4) is 0 Å². The van der Waals surface area contributed by atoms with Crippen LogP contribution in [0.1, 0.15) is 6.92 Å². The highest BCUT2D eigenvalue weighted by molar-refractivity contribution is 7.94. The first-order chi connectivity index (χ1) is 9.81. The molecule has 0 saturated carbocycles. The largest absolute Gasteiger partial charge is 0.314 e. The second-order valence-corrected chi connectivity index (χ2v) is 7.88. The minimum absolute atomic E-state index is 0.118. The van der Waals surface area contributed by atoms with Crippen LogP contribution in [-0.2, 0) is 14.8 Å². The molecule has 0 fully saturated rings. The van der Waals surface area contributed by atoms with E-state index in [4.69, 9.17) is 11.6 Å². The summed E-state index contributed by atoms with van der Waals surface area (Å²) in [5.74, 6) is -0.194. The fourth-order valence-electron chi connectivity index (χ4n) is 1.66. The zero-order valence-corrected chi connectivity index (χ0v) is 13.7. The van der Waals surface area contributed by atoms with Crippen LogP contribution in [0.4, 0.5) is 11.4 Å². The third-order valence-electron chi connectivity index (χ3n) is 2.80. The van der Waals surface area contributed by atoms with Gasteiger partial charge in [0.25, 0.3) is 10.0 Å². The van der Waals surface area contributed by atoms with Gasteiger partial charge in [-0.25, -0.2) is 8.42 Å². The van der Waals surface area contributed by atoms with E-state index in [0.29, 0.717) is 15.7 Å². The molecule has 0 aliphatic rings. The number of carbonyl (C=O) groups excluding carboxylic acids is 1. The Hall–Kier alpha value is -1.57. The highest BCUT2D eigenvalue weighted by Crippen LogP contribution is 2.30. The van der Waals surface area contributed by atoms with Crippen LogP contribution in [0.2, 0.25) is 4.34 Å². The molecule has 1 N–H and O–H groups in total. The molecular formula is C13H13ClN2O3S2. The average Bonchev–Trinajstić information content (AvgIpc) is 2.85. The molecule has 8 heteroatoms. The molecule has 1 amide bonds. The highest BCUT2D eigenvalue weighted by Gasteiger charge is 2.19. The number of para-hydroxylation sites is 2. The first kappa shape index (κ1) is 15.8. The number of sulfonamides is 1. The van der Waals surface area contributed by atoms with Crippen LogP contribution in [-0.4, -0.2) is 21.4 Å². The number of benzene rings is 1. The van der Waals surface area contributed by atoms with Crippen molar-refractivity contribution in [1.82, 2.24) is 0 Å². The van der Waals surface area contributed by atoms with E-state index in [2.05, 4.69) is 4.72 Å². The molecule has 112 valence electrons. The van der Waals surface area contributed by atoms with Crippen molar-refractivity contribution in [2.24, 2.45) is 0 Å². The lowest BCUT2D eigenvalue weighted by atomic mass is 10.2. The van der Waals surface area contributed by atoms with Crippen molar-refractivity contribution < 1.29 is 13.2 Å². The first-order valence-electron chi connectivity index (χ1n) is 5.93. The van der Waals surface area contributed by atoms with Gasteiger partial charge in [-0.1, -0.05) is 23.7 Å². The Morgan fingerprint density at radius 2 is 1.90 bits per heavy atom. The number of amides is 1. The van der Waals surface area contributed by atoms with Crippen LogP contribution in [0.5, 0.6) is 0 Å². The van der Waals surface area contributed by atoms with Gasteiger partial charge in [0, 0.05) is 14.0 Å². The van der Waals surface area contributed by atoms with Gasteiger partial charge in [-0.2, -0.15) is 0 Å². The molecule has 0 radical (unpaired) electrons. The number of hydrogen-bond acceptors (Lipinski definition) is 4. The topological polar surface area (TPSA) is 66.5 Å². The molecular weight excluding hydrogens is 332 g/mol. The monoisotopic (exact) mass is 344 g/mol. The predicted molar refractivity (Wildman–Crippen MR) is 85.7 cm³/mol. The Morgan fingerprint density at radius 3 is 2.48 bits per heavy atom. The SMILES string of the molecule is CC(=O)N(C)c1ccccc1NS(=O)(=O)c1ccc(Cl)s1. The number of nitrogens with zero attached hydrogens (tertiary/aromatic N) is 1. The van der Waals surface area contributed by atoms with Crippen LogP contribution < -0.4 is 9.62 Å². The van der Waals surface area contributed by atoms with Gasteiger partial charge in [0.05, 0.1) is 15.7 Å². The van der Waals surface area contributed by atoms with E-state index in [0.717, 1.165) is 11.3 Å². The Kier molecular flexibility index (Phi) is 4.55. The van der Waals surface area contributed by atoms with Gasteiger partial charge in [0.1, 0.15) is 4.21 Å². The van der Waals surface area contributed by atoms with Crippen LogP contribution in [0, 0.1) is 0 Å². The van der Waals surface area contributed by atoms with E-state index < -0.39 is 10.0 Å². The summed E-state index contributed by atoms with van der Waals surface area (Å²) in [5, 5.41) is 0. The standard InChI is InChI=1S/C13H13ClN2O3S2/c1-9(17)16(2)11-6-4-3-5-10(11)15-21(18,19)13-8-7-12(14)20-13/h3-8,15H,1-2H3. The second-order valence-electron chi connectivity index (χ2n) is 4.26.